The van der Waals surface area contributed by atoms with E-state index in [0.717, 1.165) is 11.4 Å². The Labute approximate surface area is 123 Å². The molecule has 98 valence electrons. The summed E-state index contributed by atoms with van der Waals surface area (Å²) in [5.74, 6) is -0.296. The van der Waals surface area contributed by atoms with E-state index in [1.165, 1.54) is 18.2 Å². The molecule has 0 heterocycles. The summed E-state index contributed by atoms with van der Waals surface area (Å²) in [5, 5.41) is 10.8. The molecule has 19 heavy (non-hydrogen) atoms. The number of benzene rings is 2. The molecule has 0 fully saturated rings. The zero-order valence-corrected chi connectivity index (χ0v) is 12.2. The molecule has 0 aliphatic rings. The zero-order chi connectivity index (χ0) is 14.0. The molecule has 0 radical (unpaired) electrons. The van der Waals surface area contributed by atoms with Crippen molar-refractivity contribution < 1.29 is 9.31 Å². The molecule has 0 spiro atoms. The Hall–Kier alpha value is -1.70. The van der Waals surface area contributed by atoms with E-state index in [0.29, 0.717) is 3.57 Å². The van der Waals surface area contributed by atoms with Crippen LogP contribution in [0.5, 0.6) is 0 Å². The molecule has 0 saturated heterocycles. The predicted octanol–water partition coefficient (Wildman–Crippen LogP) is 4.11. The zero-order valence-electron chi connectivity index (χ0n) is 10.0. The van der Waals surface area contributed by atoms with E-state index in [4.69, 9.17) is 0 Å². The smallest absolute Gasteiger partial charge is 0.282 e. The van der Waals surface area contributed by atoms with E-state index < -0.39 is 4.92 Å². The first-order chi connectivity index (χ1) is 8.99. The number of anilines is 2. The van der Waals surface area contributed by atoms with Gasteiger partial charge in [0.25, 0.3) is 5.69 Å². The Morgan fingerprint density at radius 3 is 2.26 bits per heavy atom. The molecule has 0 aliphatic heterocycles. The number of rotatable bonds is 3. The first kappa shape index (κ1) is 13.7. The number of halogens is 2. The van der Waals surface area contributed by atoms with Crippen LogP contribution in [0.25, 0.3) is 0 Å². The maximum Gasteiger partial charge on any atom is 0.282 e. The molecule has 0 aromatic heterocycles. The Bertz CT molecular complexity index is 617. The van der Waals surface area contributed by atoms with Gasteiger partial charge in [0.05, 0.1) is 8.49 Å². The summed E-state index contributed by atoms with van der Waals surface area (Å²) in [6.45, 7) is 0. The number of nitro benzene ring substituents is 1. The molecule has 6 heteroatoms. The Kier molecular flexibility index (Phi) is 3.98. The van der Waals surface area contributed by atoms with Crippen molar-refractivity contribution in [3.8, 4) is 0 Å². The number of nitro groups is 1. The average molecular weight is 372 g/mol. The molecular weight excluding hydrogens is 362 g/mol. The van der Waals surface area contributed by atoms with Crippen molar-refractivity contribution >= 4 is 39.7 Å². The highest BCUT2D eigenvalue weighted by Crippen LogP contribution is 2.29. The fourth-order valence-corrected chi connectivity index (χ4v) is 2.36. The van der Waals surface area contributed by atoms with Crippen LogP contribution in [0.3, 0.4) is 0 Å². The molecule has 0 aliphatic carbocycles. The minimum atomic E-state index is -0.413. The number of hydrogen-bond acceptors (Lipinski definition) is 3. The van der Waals surface area contributed by atoms with Gasteiger partial charge in [-0.2, -0.15) is 0 Å². The van der Waals surface area contributed by atoms with Gasteiger partial charge in [-0.25, -0.2) is 4.39 Å². The predicted molar refractivity (Wildman–Crippen MR) is 80.3 cm³/mol. The largest absolute Gasteiger partial charge is 0.345 e. The lowest BCUT2D eigenvalue weighted by atomic mass is 10.2. The van der Waals surface area contributed by atoms with Gasteiger partial charge in [-0.1, -0.05) is 0 Å². The lowest BCUT2D eigenvalue weighted by Crippen LogP contribution is -2.09. The van der Waals surface area contributed by atoms with Crippen molar-refractivity contribution in [2.24, 2.45) is 0 Å². The third-order valence-corrected chi connectivity index (χ3v) is 3.59. The van der Waals surface area contributed by atoms with Gasteiger partial charge in [-0.3, -0.25) is 10.1 Å². The van der Waals surface area contributed by atoms with Crippen LogP contribution in [-0.4, -0.2) is 12.0 Å². The quantitative estimate of drug-likeness (QED) is 0.463. The van der Waals surface area contributed by atoms with Gasteiger partial charge in [-0.05, 0) is 59.0 Å². The van der Waals surface area contributed by atoms with Crippen LogP contribution in [0.15, 0.2) is 42.5 Å². The lowest BCUT2D eigenvalue weighted by Gasteiger charge is -2.19. The minimum Gasteiger partial charge on any atom is -0.345 e. The minimum absolute atomic E-state index is 0.0804. The molecule has 0 saturated carbocycles. The molecular formula is C13H10FIN2O2. The van der Waals surface area contributed by atoms with Crippen molar-refractivity contribution in [1.82, 2.24) is 0 Å². The van der Waals surface area contributed by atoms with Crippen LogP contribution in [-0.2, 0) is 0 Å². The maximum absolute atomic E-state index is 12.9. The molecule has 0 bridgehead atoms. The third kappa shape index (κ3) is 3.01. The summed E-state index contributed by atoms with van der Waals surface area (Å²) in [5.41, 5.74) is 1.70. The summed E-state index contributed by atoms with van der Waals surface area (Å²) in [7, 11) is 1.82. The van der Waals surface area contributed by atoms with Crippen molar-refractivity contribution in [2.75, 3.05) is 11.9 Å². The van der Waals surface area contributed by atoms with Crippen LogP contribution >= 0.6 is 22.6 Å². The molecule has 0 atom stereocenters. The van der Waals surface area contributed by atoms with Crippen molar-refractivity contribution in [3.63, 3.8) is 0 Å². The summed E-state index contributed by atoms with van der Waals surface area (Å²) in [6.07, 6.45) is 0. The fraction of sp³-hybridized carbons (Fsp3) is 0.0769. The summed E-state index contributed by atoms with van der Waals surface area (Å²) < 4.78 is 13.4. The molecule has 4 nitrogen and oxygen atoms in total. The highest BCUT2D eigenvalue weighted by Gasteiger charge is 2.13. The van der Waals surface area contributed by atoms with Crippen LogP contribution in [0, 0.1) is 19.5 Å². The molecule has 2 aromatic carbocycles. The lowest BCUT2D eigenvalue weighted by molar-refractivity contribution is -0.385. The topological polar surface area (TPSA) is 46.4 Å². The van der Waals surface area contributed by atoms with Gasteiger partial charge >= 0.3 is 0 Å². The Morgan fingerprint density at radius 1 is 1.16 bits per heavy atom. The third-order valence-electron chi connectivity index (χ3n) is 2.73. The van der Waals surface area contributed by atoms with Crippen molar-refractivity contribution in [3.05, 3.63) is 62.0 Å². The normalized spacial score (nSPS) is 10.3. The molecule has 0 unspecified atom stereocenters. The second-order valence-corrected chi connectivity index (χ2v) is 5.09. The van der Waals surface area contributed by atoms with E-state index in [1.54, 1.807) is 24.3 Å². The first-order valence-electron chi connectivity index (χ1n) is 5.42. The van der Waals surface area contributed by atoms with Gasteiger partial charge in [0.2, 0.25) is 0 Å². The van der Waals surface area contributed by atoms with Crippen LogP contribution < -0.4 is 4.90 Å². The standard InChI is InChI=1S/C13H10FIN2O2/c1-16(10-4-2-9(14)3-5-10)11-6-7-13(17(18)19)12(15)8-11/h2-8H,1H3. The highest BCUT2D eigenvalue weighted by molar-refractivity contribution is 14.1. The van der Waals surface area contributed by atoms with E-state index >= 15 is 0 Å². The summed E-state index contributed by atoms with van der Waals surface area (Å²) in [6, 6.07) is 10.9. The second-order valence-electron chi connectivity index (χ2n) is 3.93. The number of nitrogens with zero attached hydrogens (tertiary/aromatic N) is 2. The fourth-order valence-electron chi connectivity index (χ4n) is 1.67. The SMILES string of the molecule is CN(c1ccc(F)cc1)c1ccc([N+](=O)[O-])c(I)c1. The van der Waals surface area contributed by atoms with E-state index in [2.05, 4.69) is 0 Å². The van der Waals surface area contributed by atoms with E-state index in [-0.39, 0.29) is 11.5 Å². The average Bonchev–Trinajstić information content (AvgIpc) is 2.38. The highest BCUT2D eigenvalue weighted by atomic mass is 127. The molecule has 0 amide bonds. The summed E-state index contributed by atoms with van der Waals surface area (Å²) >= 11 is 1.93. The first-order valence-corrected chi connectivity index (χ1v) is 6.50. The summed E-state index contributed by atoms with van der Waals surface area (Å²) in [4.78, 5) is 12.2. The number of hydrogen-bond donors (Lipinski definition) is 0. The van der Waals surface area contributed by atoms with E-state index in [1.807, 2.05) is 34.5 Å². The monoisotopic (exact) mass is 372 g/mol. The van der Waals surface area contributed by atoms with Crippen molar-refractivity contribution in [1.29, 1.82) is 0 Å². The van der Waals surface area contributed by atoms with Gasteiger partial charge in [0.1, 0.15) is 5.82 Å². The van der Waals surface area contributed by atoms with Crippen LogP contribution in [0.4, 0.5) is 21.5 Å². The van der Waals surface area contributed by atoms with Crippen LogP contribution in [0.2, 0.25) is 0 Å². The van der Waals surface area contributed by atoms with E-state index in [9.17, 15) is 14.5 Å². The molecule has 2 aromatic rings. The van der Waals surface area contributed by atoms with Gasteiger partial charge < -0.3 is 4.90 Å². The van der Waals surface area contributed by atoms with Gasteiger partial charge in [0, 0.05) is 24.5 Å². The molecule has 0 N–H and O–H groups in total. The van der Waals surface area contributed by atoms with Crippen LogP contribution in [0.1, 0.15) is 0 Å². The Balaban J connectivity index is 2.34. The van der Waals surface area contributed by atoms with Gasteiger partial charge in [-0.15, -0.1) is 0 Å². The van der Waals surface area contributed by atoms with Gasteiger partial charge in [0.15, 0.2) is 0 Å². The van der Waals surface area contributed by atoms with Crippen molar-refractivity contribution in [2.45, 2.75) is 0 Å². The second kappa shape index (κ2) is 5.52. The Morgan fingerprint density at radius 2 is 1.74 bits per heavy atom. The molecule has 2 rings (SSSR count). The maximum atomic E-state index is 12.9.